The summed E-state index contributed by atoms with van der Waals surface area (Å²) < 4.78 is 24.5. The molecular formula is C10H17N3O2S. The van der Waals surface area contributed by atoms with Crippen molar-refractivity contribution in [1.82, 2.24) is 14.8 Å². The van der Waals surface area contributed by atoms with Crippen LogP contribution in [-0.2, 0) is 16.9 Å². The molecule has 90 valence electrons. The van der Waals surface area contributed by atoms with Gasteiger partial charge in [0.1, 0.15) is 5.82 Å². The van der Waals surface area contributed by atoms with Gasteiger partial charge in [-0.2, -0.15) is 0 Å². The summed E-state index contributed by atoms with van der Waals surface area (Å²) in [5.41, 5.74) is 0. The highest BCUT2D eigenvalue weighted by atomic mass is 32.2. The van der Waals surface area contributed by atoms with Crippen LogP contribution in [0.5, 0.6) is 0 Å². The van der Waals surface area contributed by atoms with Crippen molar-refractivity contribution in [3.63, 3.8) is 0 Å². The van der Waals surface area contributed by atoms with Crippen LogP contribution in [0.25, 0.3) is 0 Å². The van der Waals surface area contributed by atoms with Gasteiger partial charge in [0.05, 0.1) is 0 Å². The van der Waals surface area contributed by atoms with Crippen LogP contribution in [0, 0.1) is 0 Å². The van der Waals surface area contributed by atoms with Gasteiger partial charge in [0.2, 0.25) is 15.0 Å². The topological polar surface area (TPSA) is 64.8 Å². The molecule has 0 N–H and O–H groups in total. The van der Waals surface area contributed by atoms with Crippen LogP contribution in [0.1, 0.15) is 43.8 Å². The summed E-state index contributed by atoms with van der Waals surface area (Å²) in [5, 5.41) is 7.90. The number of rotatable bonds is 2. The highest BCUT2D eigenvalue weighted by molar-refractivity contribution is 7.90. The van der Waals surface area contributed by atoms with Crippen LogP contribution in [0.4, 0.5) is 0 Å². The predicted octanol–water partition coefficient (Wildman–Crippen LogP) is 1.27. The molecule has 1 aliphatic rings. The van der Waals surface area contributed by atoms with Gasteiger partial charge in [-0.1, -0.05) is 19.3 Å². The minimum Gasteiger partial charge on any atom is -0.305 e. The highest BCUT2D eigenvalue weighted by Gasteiger charge is 2.24. The van der Waals surface area contributed by atoms with E-state index in [4.69, 9.17) is 0 Å². The predicted molar refractivity (Wildman–Crippen MR) is 59.9 cm³/mol. The molecule has 0 aromatic carbocycles. The summed E-state index contributed by atoms with van der Waals surface area (Å²) in [6, 6.07) is 0. The van der Waals surface area contributed by atoms with E-state index in [0.717, 1.165) is 18.7 Å². The Balaban J connectivity index is 2.33. The Morgan fingerprint density at radius 3 is 2.31 bits per heavy atom. The number of hydrogen-bond donors (Lipinski definition) is 0. The molecule has 0 unspecified atom stereocenters. The van der Waals surface area contributed by atoms with E-state index >= 15 is 0 Å². The van der Waals surface area contributed by atoms with Gasteiger partial charge >= 0.3 is 0 Å². The van der Waals surface area contributed by atoms with Crippen LogP contribution in [0.15, 0.2) is 5.16 Å². The van der Waals surface area contributed by atoms with Gasteiger partial charge in [-0.05, 0) is 12.8 Å². The summed E-state index contributed by atoms with van der Waals surface area (Å²) in [7, 11) is -1.53. The molecule has 1 aliphatic carbocycles. The molecule has 0 atom stereocenters. The Labute approximate surface area is 95.8 Å². The summed E-state index contributed by atoms with van der Waals surface area (Å²) in [6.07, 6.45) is 7.03. The monoisotopic (exact) mass is 243 g/mol. The van der Waals surface area contributed by atoms with Gasteiger partial charge in [0, 0.05) is 19.2 Å². The van der Waals surface area contributed by atoms with Gasteiger partial charge in [-0.25, -0.2) is 8.42 Å². The van der Waals surface area contributed by atoms with E-state index in [1.165, 1.54) is 25.5 Å². The standard InChI is InChI=1S/C10H17N3O2S/c1-13-9(8-6-4-3-5-7-8)11-12-10(13)16(2,14)15/h8H,3-7H2,1-2H3. The zero-order chi connectivity index (χ0) is 11.8. The van der Waals surface area contributed by atoms with E-state index in [1.807, 2.05) is 0 Å². The fourth-order valence-electron chi connectivity index (χ4n) is 2.37. The number of nitrogens with zero attached hydrogens (tertiary/aromatic N) is 3. The summed E-state index contributed by atoms with van der Waals surface area (Å²) in [6.45, 7) is 0. The Hall–Kier alpha value is -0.910. The average Bonchev–Trinajstić information content (AvgIpc) is 2.61. The van der Waals surface area contributed by atoms with E-state index in [2.05, 4.69) is 10.2 Å². The molecule has 0 aliphatic heterocycles. The molecule has 1 aromatic heterocycles. The lowest BCUT2D eigenvalue weighted by Gasteiger charge is -2.20. The molecule has 1 fully saturated rings. The third-order valence-electron chi connectivity index (χ3n) is 3.17. The molecule has 6 heteroatoms. The second-order valence-corrected chi connectivity index (χ2v) is 6.42. The zero-order valence-electron chi connectivity index (χ0n) is 9.68. The molecule has 1 saturated carbocycles. The highest BCUT2D eigenvalue weighted by Crippen LogP contribution is 2.31. The second-order valence-electron chi connectivity index (χ2n) is 4.51. The van der Waals surface area contributed by atoms with Crippen LogP contribution < -0.4 is 0 Å². The largest absolute Gasteiger partial charge is 0.305 e. The van der Waals surface area contributed by atoms with Crippen LogP contribution in [0.3, 0.4) is 0 Å². The molecular weight excluding hydrogens is 226 g/mol. The Morgan fingerprint density at radius 1 is 1.19 bits per heavy atom. The normalized spacial score (nSPS) is 18.9. The first-order valence-electron chi connectivity index (χ1n) is 5.59. The average molecular weight is 243 g/mol. The molecule has 5 nitrogen and oxygen atoms in total. The van der Waals surface area contributed by atoms with Crippen molar-refractivity contribution in [2.75, 3.05) is 6.26 Å². The van der Waals surface area contributed by atoms with Crippen LogP contribution >= 0.6 is 0 Å². The van der Waals surface area contributed by atoms with Gasteiger partial charge in [0.15, 0.2) is 0 Å². The molecule has 1 heterocycles. The van der Waals surface area contributed by atoms with E-state index in [0.29, 0.717) is 5.92 Å². The van der Waals surface area contributed by atoms with Gasteiger partial charge < -0.3 is 4.57 Å². The van der Waals surface area contributed by atoms with Gasteiger partial charge in [0.25, 0.3) is 0 Å². The van der Waals surface area contributed by atoms with Crippen molar-refractivity contribution in [3.8, 4) is 0 Å². The molecule has 2 rings (SSSR count). The fraction of sp³-hybridized carbons (Fsp3) is 0.800. The first kappa shape index (κ1) is 11.6. The maximum absolute atomic E-state index is 11.4. The number of sulfone groups is 1. The lowest BCUT2D eigenvalue weighted by molar-refractivity contribution is 0.418. The van der Waals surface area contributed by atoms with E-state index < -0.39 is 9.84 Å². The first-order valence-corrected chi connectivity index (χ1v) is 7.48. The molecule has 0 amide bonds. The zero-order valence-corrected chi connectivity index (χ0v) is 10.5. The Bertz CT molecular complexity index is 472. The maximum Gasteiger partial charge on any atom is 0.249 e. The van der Waals surface area contributed by atoms with Crippen molar-refractivity contribution >= 4 is 9.84 Å². The number of hydrogen-bond acceptors (Lipinski definition) is 4. The summed E-state index contributed by atoms with van der Waals surface area (Å²) in [5.74, 6) is 1.20. The van der Waals surface area contributed by atoms with E-state index in [9.17, 15) is 8.42 Å². The lowest BCUT2D eigenvalue weighted by Crippen LogP contribution is -2.13. The fourth-order valence-corrected chi connectivity index (χ4v) is 3.15. The van der Waals surface area contributed by atoms with Gasteiger partial charge in [-0.3, -0.25) is 0 Å². The van der Waals surface area contributed by atoms with Crippen LogP contribution in [-0.4, -0.2) is 29.4 Å². The quantitative estimate of drug-likeness (QED) is 0.784. The van der Waals surface area contributed by atoms with Crippen molar-refractivity contribution < 1.29 is 8.42 Å². The second kappa shape index (κ2) is 4.16. The van der Waals surface area contributed by atoms with Crippen molar-refractivity contribution in [1.29, 1.82) is 0 Å². The van der Waals surface area contributed by atoms with Gasteiger partial charge in [-0.15, -0.1) is 10.2 Å². The van der Waals surface area contributed by atoms with Crippen molar-refractivity contribution in [2.24, 2.45) is 7.05 Å². The molecule has 0 spiro atoms. The first-order chi connectivity index (χ1) is 7.50. The van der Waals surface area contributed by atoms with Crippen molar-refractivity contribution in [2.45, 2.75) is 43.2 Å². The molecule has 0 saturated heterocycles. The lowest BCUT2D eigenvalue weighted by atomic mass is 9.89. The number of aromatic nitrogens is 3. The van der Waals surface area contributed by atoms with Crippen molar-refractivity contribution in [3.05, 3.63) is 5.82 Å². The Morgan fingerprint density at radius 2 is 1.81 bits per heavy atom. The SMILES string of the molecule is Cn1c(C2CCCCC2)nnc1S(C)(=O)=O. The smallest absolute Gasteiger partial charge is 0.249 e. The minimum absolute atomic E-state index is 0.0769. The third kappa shape index (κ3) is 2.11. The minimum atomic E-state index is -3.26. The molecule has 0 radical (unpaired) electrons. The molecule has 16 heavy (non-hydrogen) atoms. The van der Waals surface area contributed by atoms with Crippen LogP contribution in [0.2, 0.25) is 0 Å². The third-order valence-corrected chi connectivity index (χ3v) is 4.19. The summed E-state index contributed by atoms with van der Waals surface area (Å²) >= 11 is 0. The van der Waals surface area contributed by atoms with E-state index in [-0.39, 0.29) is 5.16 Å². The maximum atomic E-state index is 11.4. The molecule has 1 aromatic rings. The molecule has 0 bridgehead atoms. The summed E-state index contributed by atoms with van der Waals surface area (Å²) in [4.78, 5) is 0. The Kier molecular flexibility index (Phi) is 3.01. The van der Waals surface area contributed by atoms with E-state index in [1.54, 1.807) is 11.6 Å².